The van der Waals surface area contributed by atoms with E-state index in [4.69, 9.17) is 4.98 Å². The minimum Gasteiger partial charge on any atom is -0.292 e. The lowest BCUT2D eigenvalue weighted by Gasteiger charge is -2.16. The number of para-hydroxylation sites is 2. The van der Waals surface area contributed by atoms with Gasteiger partial charge in [-0.05, 0) is 86.9 Å². The third-order valence-corrected chi connectivity index (χ3v) is 8.19. The molecule has 3 heteroatoms. The fraction of sp³-hybridized carbons (Fsp3) is 0. The van der Waals surface area contributed by atoms with Crippen LogP contribution in [0.1, 0.15) is 5.56 Å². The lowest BCUT2D eigenvalue weighted by atomic mass is 9.95. The van der Waals surface area contributed by atoms with Gasteiger partial charge in [-0.15, -0.1) is 0 Å². The molecule has 200 valence electrons. The number of imidazole rings is 1. The van der Waals surface area contributed by atoms with Gasteiger partial charge in [0, 0.05) is 10.9 Å². The summed E-state index contributed by atoms with van der Waals surface area (Å²) in [5.41, 5.74) is 9.43. The van der Waals surface area contributed by atoms with Crippen LogP contribution in [-0.2, 0) is 0 Å². The Morgan fingerprint density at radius 1 is 0.488 bits per heavy atom. The summed E-state index contributed by atoms with van der Waals surface area (Å²) in [5.74, 6) is 0.926. The van der Waals surface area contributed by atoms with Gasteiger partial charge in [-0.3, -0.25) is 4.57 Å². The summed E-state index contributed by atoms with van der Waals surface area (Å²) in [6.45, 7) is 0. The van der Waals surface area contributed by atoms with Gasteiger partial charge >= 0.3 is 0 Å². The molecule has 0 atom stereocenters. The molecule has 7 aromatic carbocycles. The van der Waals surface area contributed by atoms with Crippen molar-refractivity contribution in [3.8, 4) is 45.4 Å². The third kappa shape index (κ3) is 4.34. The van der Waals surface area contributed by atoms with Crippen LogP contribution in [-0.4, -0.2) is 9.55 Å². The van der Waals surface area contributed by atoms with Gasteiger partial charge in [-0.25, -0.2) is 4.98 Å². The molecule has 1 heterocycles. The molecule has 0 saturated heterocycles. The zero-order valence-corrected chi connectivity index (χ0v) is 23.3. The molecule has 0 saturated carbocycles. The first kappa shape index (κ1) is 24.8. The quantitative estimate of drug-likeness (QED) is 0.220. The Morgan fingerprint density at radius 3 is 1.93 bits per heavy atom. The lowest BCUT2D eigenvalue weighted by Crippen LogP contribution is -1.99. The van der Waals surface area contributed by atoms with Crippen LogP contribution >= 0.6 is 0 Å². The number of hydrogen-bond donors (Lipinski definition) is 0. The maximum absolute atomic E-state index is 9.20. The number of aromatic nitrogens is 2. The Kier molecular flexibility index (Phi) is 5.84. The largest absolute Gasteiger partial charge is 0.292 e. The van der Waals surface area contributed by atoms with Crippen molar-refractivity contribution in [3.63, 3.8) is 0 Å². The Balaban J connectivity index is 1.33. The molecule has 0 radical (unpaired) electrons. The molecule has 8 aromatic rings. The molecular weight excluding hydrogens is 522 g/mol. The summed E-state index contributed by atoms with van der Waals surface area (Å²) in [6.07, 6.45) is 0. The normalized spacial score (nSPS) is 11.2. The second-order valence-corrected chi connectivity index (χ2v) is 10.8. The Bertz CT molecular complexity index is 2340. The minimum atomic E-state index is 0.667. The average Bonchev–Trinajstić information content (AvgIpc) is 3.47. The van der Waals surface area contributed by atoms with Crippen molar-refractivity contribution in [1.29, 1.82) is 5.26 Å². The number of fused-ring (bicyclic) bond motifs is 3. The van der Waals surface area contributed by atoms with E-state index in [1.807, 2.05) is 36.4 Å². The van der Waals surface area contributed by atoms with Gasteiger partial charge in [0.25, 0.3) is 0 Å². The van der Waals surface area contributed by atoms with E-state index < -0.39 is 0 Å². The van der Waals surface area contributed by atoms with Crippen molar-refractivity contribution in [3.05, 3.63) is 157 Å². The molecule has 43 heavy (non-hydrogen) atoms. The topological polar surface area (TPSA) is 41.6 Å². The van der Waals surface area contributed by atoms with Crippen molar-refractivity contribution < 1.29 is 0 Å². The number of benzene rings is 7. The van der Waals surface area contributed by atoms with Gasteiger partial charge in [0.2, 0.25) is 0 Å². The van der Waals surface area contributed by atoms with Crippen LogP contribution < -0.4 is 0 Å². The molecule has 3 nitrogen and oxygen atoms in total. The number of hydrogen-bond acceptors (Lipinski definition) is 2. The van der Waals surface area contributed by atoms with Crippen molar-refractivity contribution in [1.82, 2.24) is 9.55 Å². The Morgan fingerprint density at radius 2 is 1.14 bits per heavy atom. The summed E-state index contributed by atoms with van der Waals surface area (Å²) in [4.78, 5) is 5.10. The zero-order valence-electron chi connectivity index (χ0n) is 23.3. The monoisotopic (exact) mass is 547 g/mol. The Labute approximate surface area is 249 Å². The SMILES string of the molecule is N#Cc1ccc(-c2ccc3ccc(-c4cc(-n5c(-c6ccccc6)nc6ccccc65)c5ccccc5c4)cc3c2)cc1. The fourth-order valence-corrected chi connectivity index (χ4v) is 6.04. The summed E-state index contributed by atoms with van der Waals surface area (Å²) in [7, 11) is 0. The molecule has 0 fully saturated rings. The second-order valence-electron chi connectivity index (χ2n) is 10.8. The highest BCUT2D eigenvalue weighted by Crippen LogP contribution is 2.37. The van der Waals surface area contributed by atoms with Crippen molar-refractivity contribution in [2.24, 2.45) is 0 Å². The first-order valence-electron chi connectivity index (χ1n) is 14.4. The number of nitrogens with zero attached hydrogens (tertiary/aromatic N) is 3. The Hall–Kier alpha value is -5.98. The van der Waals surface area contributed by atoms with Gasteiger partial charge < -0.3 is 0 Å². The van der Waals surface area contributed by atoms with Gasteiger partial charge in [-0.1, -0.05) is 103 Å². The minimum absolute atomic E-state index is 0.667. The molecule has 0 spiro atoms. The van der Waals surface area contributed by atoms with E-state index in [0.717, 1.165) is 50.4 Å². The number of nitriles is 1. The second kappa shape index (κ2) is 10.1. The molecule has 8 rings (SSSR count). The van der Waals surface area contributed by atoms with Crippen molar-refractivity contribution in [2.75, 3.05) is 0 Å². The molecule has 0 aliphatic heterocycles. The smallest absolute Gasteiger partial charge is 0.145 e. The molecule has 0 N–H and O–H groups in total. The number of rotatable bonds is 4. The highest BCUT2D eigenvalue weighted by atomic mass is 15.1. The maximum atomic E-state index is 9.20. The van der Waals surface area contributed by atoms with Crippen LogP contribution in [0.2, 0.25) is 0 Å². The average molecular weight is 548 g/mol. The maximum Gasteiger partial charge on any atom is 0.145 e. The van der Waals surface area contributed by atoms with E-state index in [1.165, 1.54) is 21.5 Å². The first-order valence-corrected chi connectivity index (χ1v) is 14.4. The van der Waals surface area contributed by atoms with Crippen molar-refractivity contribution >= 4 is 32.6 Å². The van der Waals surface area contributed by atoms with Crippen molar-refractivity contribution in [2.45, 2.75) is 0 Å². The zero-order chi connectivity index (χ0) is 28.8. The highest BCUT2D eigenvalue weighted by Gasteiger charge is 2.17. The predicted molar refractivity (Wildman–Crippen MR) is 177 cm³/mol. The van der Waals surface area contributed by atoms with Gasteiger partial charge in [0.1, 0.15) is 5.82 Å². The molecular formula is C40H25N3. The fourth-order valence-electron chi connectivity index (χ4n) is 6.04. The van der Waals surface area contributed by atoms with Crippen LogP contribution in [0.15, 0.2) is 152 Å². The van der Waals surface area contributed by atoms with Gasteiger partial charge in [0.15, 0.2) is 0 Å². The van der Waals surface area contributed by atoms with Crippen LogP contribution in [0.25, 0.3) is 71.9 Å². The summed E-state index contributed by atoms with van der Waals surface area (Å²) in [6, 6.07) is 55.2. The van der Waals surface area contributed by atoms with E-state index in [9.17, 15) is 5.26 Å². The molecule has 0 aliphatic rings. The van der Waals surface area contributed by atoms with Gasteiger partial charge in [0.05, 0.1) is 28.4 Å². The van der Waals surface area contributed by atoms with E-state index in [1.54, 1.807) is 0 Å². The highest BCUT2D eigenvalue weighted by molar-refractivity contribution is 5.99. The van der Waals surface area contributed by atoms with E-state index in [2.05, 4.69) is 126 Å². The molecule has 1 aromatic heterocycles. The first-order chi connectivity index (χ1) is 21.2. The lowest BCUT2D eigenvalue weighted by molar-refractivity contribution is 1.12. The van der Waals surface area contributed by atoms with Crippen LogP contribution in [0.3, 0.4) is 0 Å². The van der Waals surface area contributed by atoms with Crippen LogP contribution in [0, 0.1) is 11.3 Å². The van der Waals surface area contributed by atoms with Crippen LogP contribution in [0.5, 0.6) is 0 Å². The summed E-state index contributed by atoms with van der Waals surface area (Å²) in [5, 5.41) is 13.9. The molecule has 0 aliphatic carbocycles. The summed E-state index contributed by atoms with van der Waals surface area (Å²) >= 11 is 0. The van der Waals surface area contributed by atoms with E-state index in [0.29, 0.717) is 5.56 Å². The van der Waals surface area contributed by atoms with E-state index >= 15 is 0 Å². The standard InChI is InChI=1S/C40H25N3/c41-26-27-14-16-28(17-15-27)31-20-18-29-19-21-32(23-34(29)22-31)35-24-33-10-4-5-11-36(33)39(25-35)43-38-13-7-6-12-37(38)42-40(43)30-8-2-1-3-9-30/h1-25H. The molecule has 0 amide bonds. The predicted octanol–water partition coefficient (Wildman–Crippen LogP) is 10.2. The molecule has 0 unspecified atom stereocenters. The van der Waals surface area contributed by atoms with Gasteiger partial charge in [-0.2, -0.15) is 5.26 Å². The van der Waals surface area contributed by atoms with Crippen LogP contribution in [0.4, 0.5) is 0 Å². The molecule has 0 bridgehead atoms. The third-order valence-electron chi connectivity index (χ3n) is 8.19. The van der Waals surface area contributed by atoms with E-state index in [-0.39, 0.29) is 0 Å². The summed E-state index contributed by atoms with van der Waals surface area (Å²) < 4.78 is 2.31.